The minimum absolute atomic E-state index is 0.278. The van der Waals surface area contributed by atoms with Crippen molar-refractivity contribution in [1.82, 2.24) is 14.4 Å². The third kappa shape index (κ3) is 2.86. The van der Waals surface area contributed by atoms with Gasteiger partial charge in [-0.3, -0.25) is 9.69 Å². The van der Waals surface area contributed by atoms with Crippen LogP contribution in [-0.4, -0.2) is 39.9 Å². The topological polar surface area (TPSA) is 28.5 Å². The summed E-state index contributed by atoms with van der Waals surface area (Å²) in [4.78, 5) is 15.7. The second kappa shape index (κ2) is 6.22. The highest BCUT2D eigenvalue weighted by Gasteiger charge is 2.27. The van der Waals surface area contributed by atoms with E-state index in [1.807, 2.05) is 4.90 Å². The van der Waals surface area contributed by atoms with Crippen LogP contribution in [0, 0.1) is 0 Å². The van der Waals surface area contributed by atoms with Crippen molar-refractivity contribution in [2.45, 2.75) is 57.7 Å². The van der Waals surface area contributed by atoms with Crippen molar-refractivity contribution >= 4 is 6.41 Å². The van der Waals surface area contributed by atoms with Crippen LogP contribution < -0.4 is 0 Å². The molecule has 0 N–H and O–H groups in total. The van der Waals surface area contributed by atoms with Crippen LogP contribution in [0.3, 0.4) is 0 Å². The predicted octanol–water partition coefficient (Wildman–Crippen LogP) is 2.69. The molecule has 1 aromatic heterocycles. The van der Waals surface area contributed by atoms with Gasteiger partial charge in [-0.2, -0.15) is 0 Å². The zero-order valence-corrected chi connectivity index (χ0v) is 13.3. The van der Waals surface area contributed by atoms with Crippen molar-refractivity contribution in [3.05, 3.63) is 23.5 Å². The SMILES string of the molecule is CC1CCCCN1Cc1ccc(C2CCCN2C=O)n1C. The van der Waals surface area contributed by atoms with Gasteiger partial charge < -0.3 is 9.47 Å². The fourth-order valence-electron chi connectivity index (χ4n) is 3.90. The van der Waals surface area contributed by atoms with Crippen LogP contribution in [0.25, 0.3) is 0 Å². The monoisotopic (exact) mass is 289 g/mol. The summed E-state index contributed by atoms with van der Waals surface area (Å²) in [5.41, 5.74) is 2.66. The molecule has 0 saturated carbocycles. The van der Waals surface area contributed by atoms with E-state index in [0.29, 0.717) is 6.04 Å². The summed E-state index contributed by atoms with van der Waals surface area (Å²) in [7, 11) is 2.15. The first-order valence-electron chi connectivity index (χ1n) is 8.30. The molecule has 2 unspecified atom stereocenters. The molecular weight excluding hydrogens is 262 g/mol. The number of likely N-dealkylation sites (tertiary alicyclic amines) is 2. The Morgan fingerprint density at radius 3 is 2.81 bits per heavy atom. The van der Waals surface area contributed by atoms with E-state index >= 15 is 0 Å². The minimum atomic E-state index is 0.278. The maximum absolute atomic E-state index is 11.2. The van der Waals surface area contributed by atoms with E-state index in [0.717, 1.165) is 32.3 Å². The van der Waals surface area contributed by atoms with Gasteiger partial charge in [0.15, 0.2) is 0 Å². The first-order valence-corrected chi connectivity index (χ1v) is 8.30. The summed E-state index contributed by atoms with van der Waals surface area (Å²) in [5, 5.41) is 0. The molecule has 0 radical (unpaired) electrons. The van der Waals surface area contributed by atoms with E-state index in [1.165, 1.54) is 37.2 Å². The van der Waals surface area contributed by atoms with E-state index in [1.54, 1.807) is 0 Å². The molecule has 116 valence electrons. The van der Waals surface area contributed by atoms with Gasteiger partial charge in [0.05, 0.1) is 6.04 Å². The fraction of sp³-hybridized carbons (Fsp3) is 0.706. The summed E-state index contributed by atoms with van der Waals surface area (Å²) in [6.07, 6.45) is 7.23. The average Bonchev–Trinajstić information content (AvgIpc) is 3.08. The Hall–Kier alpha value is -1.29. The lowest BCUT2D eigenvalue weighted by Gasteiger charge is -2.33. The molecule has 1 amide bonds. The average molecular weight is 289 g/mol. The van der Waals surface area contributed by atoms with E-state index in [9.17, 15) is 4.79 Å². The molecule has 0 aliphatic carbocycles. The Morgan fingerprint density at radius 2 is 2.05 bits per heavy atom. The standard InChI is InChI=1S/C17H27N3O/c1-14-6-3-4-10-19(14)12-15-8-9-16(18(15)2)17-7-5-11-20(17)13-21/h8-9,13-14,17H,3-7,10-12H2,1-2H3. The maximum Gasteiger partial charge on any atom is 0.210 e. The van der Waals surface area contributed by atoms with Crippen molar-refractivity contribution in [2.75, 3.05) is 13.1 Å². The normalized spacial score (nSPS) is 27.2. The molecule has 2 aliphatic rings. The molecule has 3 rings (SSSR count). The molecule has 2 fully saturated rings. The number of carbonyl (C=O) groups excluding carboxylic acids is 1. The van der Waals surface area contributed by atoms with Gasteiger partial charge in [0.2, 0.25) is 6.41 Å². The van der Waals surface area contributed by atoms with Gasteiger partial charge in [0.1, 0.15) is 0 Å². The largest absolute Gasteiger partial charge is 0.349 e. The second-order valence-electron chi connectivity index (χ2n) is 6.63. The van der Waals surface area contributed by atoms with Gasteiger partial charge >= 0.3 is 0 Å². The summed E-state index contributed by atoms with van der Waals surface area (Å²) in [6.45, 7) is 5.49. The van der Waals surface area contributed by atoms with Gasteiger partial charge in [-0.05, 0) is 51.3 Å². The quantitative estimate of drug-likeness (QED) is 0.797. The van der Waals surface area contributed by atoms with Crippen LogP contribution in [0.1, 0.15) is 56.5 Å². The van der Waals surface area contributed by atoms with Gasteiger partial charge in [0.25, 0.3) is 0 Å². The Labute approximate surface area is 127 Å². The molecule has 21 heavy (non-hydrogen) atoms. The molecule has 1 aromatic rings. The van der Waals surface area contributed by atoms with E-state index in [-0.39, 0.29) is 6.04 Å². The smallest absolute Gasteiger partial charge is 0.210 e. The van der Waals surface area contributed by atoms with Gasteiger partial charge in [-0.15, -0.1) is 0 Å². The third-order valence-electron chi connectivity index (χ3n) is 5.34. The zero-order chi connectivity index (χ0) is 14.8. The molecule has 0 spiro atoms. The second-order valence-corrected chi connectivity index (χ2v) is 6.63. The summed E-state index contributed by atoms with van der Waals surface area (Å²) >= 11 is 0. The van der Waals surface area contributed by atoms with Crippen molar-refractivity contribution in [2.24, 2.45) is 7.05 Å². The number of hydrogen-bond donors (Lipinski definition) is 0. The van der Waals surface area contributed by atoms with Crippen LogP contribution in [0.15, 0.2) is 12.1 Å². The number of carbonyl (C=O) groups is 1. The molecule has 0 bridgehead atoms. The summed E-state index contributed by atoms with van der Waals surface area (Å²) in [6, 6.07) is 5.43. The van der Waals surface area contributed by atoms with Crippen molar-refractivity contribution in [3.63, 3.8) is 0 Å². The highest BCUT2D eigenvalue weighted by molar-refractivity contribution is 5.49. The maximum atomic E-state index is 11.2. The molecule has 2 aliphatic heterocycles. The van der Waals surface area contributed by atoms with Gasteiger partial charge in [-0.25, -0.2) is 0 Å². The van der Waals surface area contributed by atoms with Gasteiger partial charge in [0, 0.05) is 37.6 Å². The minimum Gasteiger partial charge on any atom is -0.349 e. The lowest BCUT2D eigenvalue weighted by molar-refractivity contribution is -0.119. The van der Waals surface area contributed by atoms with E-state index in [4.69, 9.17) is 0 Å². The highest BCUT2D eigenvalue weighted by atomic mass is 16.1. The van der Waals surface area contributed by atoms with E-state index in [2.05, 4.69) is 35.6 Å². The van der Waals surface area contributed by atoms with Crippen molar-refractivity contribution in [1.29, 1.82) is 0 Å². The Balaban J connectivity index is 1.74. The number of nitrogens with zero attached hydrogens (tertiary/aromatic N) is 3. The lowest BCUT2D eigenvalue weighted by Crippen LogP contribution is -2.37. The predicted molar refractivity (Wildman–Crippen MR) is 83.9 cm³/mol. The number of hydrogen-bond acceptors (Lipinski definition) is 2. The first-order chi connectivity index (χ1) is 10.2. The van der Waals surface area contributed by atoms with Crippen LogP contribution >= 0.6 is 0 Å². The third-order valence-corrected chi connectivity index (χ3v) is 5.34. The highest BCUT2D eigenvalue weighted by Crippen LogP contribution is 2.32. The van der Waals surface area contributed by atoms with Crippen molar-refractivity contribution in [3.8, 4) is 0 Å². The van der Waals surface area contributed by atoms with Crippen LogP contribution in [0.5, 0.6) is 0 Å². The van der Waals surface area contributed by atoms with Crippen molar-refractivity contribution < 1.29 is 4.79 Å². The lowest BCUT2D eigenvalue weighted by atomic mass is 10.0. The Bertz CT molecular complexity index is 496. The fourth-order valence-corrected chi connectivity index (χ4v) is 3.90. The number of amides is 1. The number of aromatic nitrogens is 1. The molecule has 4 nitrogen and oxygen atoms in total. The zero-order valence-electron chi connectivity index (χ0n) is 13.3. The molecule has 0 aromatic carbocycles. The summed E-state index contributed by atoms with van der Waals surface area (Å²) in [5.74, 6) is 0. The first kappa shape index (κ1) is 14.6. The molecule has 4 heteroatoms. The van der Waals surface area contributed by atoms with E-state index < -0.39 is 0 Å². The molecule has 3 heterocycles. The van der Waals surface area contributed by atoms with Crippen LogP contribution in [0.4, 0.5) is 0 Å². The van der Waals surface area contributed by atoms with Crippen LogP contribution in [0.2, 0.25) is 0 Å². The van der Waals surface area contributed by atoms with Crippen LogP contribution in [-0.2, 0) is 18.4 Å². The van der Waals surface area contributed by atoms with Gasteiger partial charge in [-0.1, -0.05) is 6.42 Å². The Morgan fingerprint density at radius 1 is 1.19 bits per heavy atom. The summed E-state index contributed by atoms with van der Waals surface area (Å²) < 4.78 is 2.31. The number of piperidine rings is 1. The molecule has 2 atom stereocenters. The molecule has 2 saturated heterocycles. The molecular formula is C17H27N3O. The number of rotatable bonds is 4. The Kier molecular flexibility index (Phi) is 4.34.